The number of non-ortho nitro benzene ring substituents is 1. The third-order valence-corrected chi connectivity index (χ3v) is 5.33. The molecule has 0 bridgehead atoms. The molecule has 10 heteroatoms. The molecule has 0 saturated carbocycles. The molecule has 0 aromatic heterocycles. The largest absolute Gasteiger partial charge is 0.495 e. The van der Waals surface area contributed by atoms with Crippen molar-refractivity contribution >= 4 is 27.3 Å². The lowest BCUT2D eigenvalue weighted by Gasteiger charge is -2.15. The smallest absolute Gasteiger partial charge is 0.270 e. The molecule has 0 fully saturated rings. The molecule has 0 aliphatic heterocycles. The number of carbonyl (C=O) groups is 1. The number of nitro benzene ring substituents is 1. The second-order valence-corrected chi connectivity index (χ2v) is 7.56. The summed E-state index contributed by atoms with van der Waals surface area (Å²) < 4.78 is 30.7. The topological polar surface area (TPSA) is 119 Å². The molecule has 0 saturated heterocycles. The van der Waals surface area contributed by atoms with E-state index in [9.17, 15) is 23.3 Å². The lowest BCUT2D eigenvalue weighted by atomic mass is 10.2. The Labute approximate surface area is 150 Å². The Hall–Kier alpha value is -2.98. The molecule has 0 spiro atoms. The van der Waals surface area contributed by atoms with E-state index in [0.717, 1.165) is 10.4 Å². The van der Waals surface area contributed by atoms with Crippen LogP contribution in [0.3, 0.4) is 0 Å². The number of nitrogens with zero attached hydrogens (tertiary/aromatic N) is 2. The molecule has 0 radical (unpaired) electrons. The molecule has 0 aliphatic carbocycles. The van der Waals surface area contributed by atoms with Crippen molar-refractivity contribution < 1.29 is 22.9 Å². The number of nitro groups is 1. The van der Waals surface area contributed by atoms with Gasteiger partial charge in [-0.2, -0.15) is 0 Å². The highest BCUT2D eigenvalue weighted by atomic mass is 32.2. The minimum atomic E-state index is -3.71. The molecule has 0 aliphatic rings. The minimum absolute atomic E-state index is 0.0300. The summed E-state index contributed by atoms with van der Waals surface area (Å²) in [6.07, 6.45) is 0. The zero-order chi connectivity index (χ0) is 19.5. The average Bonchev–Trinajstić information content (AvgIpc) is 2.61. The third-order valence-electron chi connectivity index (χ3n) is 3.52. The Morgan fingerprint density at radius 1 is 1.19 bits per heavy atom. The van der Waals surface area contributed by atoms with Crippen LogP contribution in [0, 0.1) is 10.1 Å². The summed E-state index contributed by atoms with van der Waals surface area (Å²) in [6.45, 7) is 0. The predicted octanol–water partition coefficient (Wildman–Crippen LogP) is 2.11. The number of rotatable bonds is 6. The van der Waals surface area contributed by atoms with E-state index in [1.165, 1.54) is 57.6 Å². The second kappa shape index (κ2) is 7.50. The number of hydrogen-bond acceptors (Lipinski definition) is 6. The van der Waals surface area contributed by atoms with E-state index in [2.05, 4.69) is 5.32 Å². The van der Waals surface area contributed by atoms with Crippen molar-refractivity contribution in [2.24, 2.45) is 0 Å². The zero-order valence-corrected chi connectivity index (χ0v) is 15.1. The van der Waals surface area contributed by atoms with Crippen molar-refractivity contribution in [3.05, 3.63) is 58.1 Å². The van der Waals surface area contributed by atoms with Crippen LogP contribution in [0.5, 0.6) is 5.75 Å². The van der Waals surface area contributed by atoms with Crippen LogP contribution in [0.1, 0.15) is 10.4 Å². The molecule has 2 rings (SSSR count). The lowest BCUT2D eigenvalue weighted by molar-refractivity contribution is -0.384. The molecule has 1 amide bonds. The summed E-state index contributed by atoms with van der Waals surface area (Å²) in [5.74, 6) is -0.382. The van der Waals surface area contributed by atoms with Crippen LogP contribution in [0.4, 0.5) is 11.4 Å². The van der Waals surface area contributed by atoms with Crippen molar-refractivity contribution in [3.8, 4) is 5.75 Å². The summed E-state index contributed by atoms with van der Waals surface area (Å²) in [5.41, 5.74) is -0.0393. The van der Waals surface area contributed by atoms with Gasteiger partial charge in [0, 0.05) is 31.8 Å². The molecule has 0 heterocycles. The fourth-order valence-corrected chi connectivity index (χ4v) is 3.04. The number of benzene rings is 2. The van der Waals surface area contributed by atoms with E-state index in [1.54, 1.807) is 0 Å². The van der Waals surface area contributed by atoms with Crippen LogP contribution in [0.15, 0.2) is 47.4 Å². The Morgan fingerprint density at radius 3 is 2.46 bits per heavy atom. The number of hydrogen-bond donors (Lipinski definition) is 1. The fourth-order valence-electron chi connectivity index (χ4n) is 2.11. The van der Waals surface area contributed by atoms with E-state index in [0.29, 0.717) is 0 Å². The number of nitrogens with one attached hydrogen (secondary N) is 1. The van der Waals surface area contributed by atoms with Crippen LogP contribution in [0.25, 0.3) is 0 Å². The third kappa shape index (κ3) is 3.98. The molecule has 1 N–H and O–H groups in total. The van der Waals surface area contributed by atoms with Crippen LogP contribution in [-0.2, 0) is 10.0 Å². The van der Waals surface area contributed by atoms with Gasteiger partial charge in [0.2, 0.25) is 10.0 Å². The summed E-state index contributed by atoms with van der Waals surface area (Å²) in [5, 5.41) is 13.4. The van der Waals surface area contributed by atoms with Crippen molar-refractivity contribution in [1.29, 1.82) is 0 Å². The standard InChI is InChI=1S/C16H17N3O6S/c1-18(2)26(23,24)13-7-8-15(25-3)14(10-13)17-16(20)11-5-4-6-12(9-11)19(21)22/h4-10H,1-3H3,(H,17,20). The van der Waals surface area contributed by atoms with Crippen LogP contribution < -0.4 is 10.1 Å². The van der Waals surface area contributed by atoms with Crippen molar-refractivity contribution in [3.63, 3.8) is 0 Å². The van der Waals surface area contributed by atoms with Gasteiger partial charge in [-0.15, -0.1) is 0 Å². The first kappa shape index (κ1) is 19.3. The van der Waals surface area contributed by atoms with Crippen molar-refractivity contribution in [1.82, 2.24) is 4.31 Å². The summed E-state index contributed by atoms with van der Waals surface area (Å²) >= 11 is 0. The minimum Gasteiger partial charge on any atom is -0.495 e. The van der Waals surface area contributed by atoms with E-state index < -0.39 is 20.9 Å². The first-order chi connectivity index (χ1) is 12.2. The summed E-state index contributed by atoms with van der Waals surface area (Å²) in [7, 11) is 0.447. The Morgan fingerprint density at radius 2 is 1.88 bits per heavy atom. The summed E-state index contributed by atoms with van der Waals surface area (Å²) in [6, 6.07) is 9.23. The zero-order valence-electron chi connectivity index (χ0n) is 14.3. The number of sulfonamides is 1. The molecule has 2 aromatic rings. The van der Waals surface area contributed by atoms with Crippen LogP contribution >= 0.6 is 0 Å². The molecule has 0 atom stereocenters. The maximum atomic E-state index is 12.4. The van der Waals surface area contributed by atoms with Gasteiger partial charge < -0.3 is 10.1 Å². The maximum absolute atomic E-state index is 12.4. The Kier molecular flexibility index (Phi) is 5.58. The molecule has 2 aromatic carbocycles. The molecule has 9 nitrogen and oxygen atoms in total. The first-order valence-corrected chi connectivity index (χ1v) is 8.77. The maximum Gasteiger partial charge on any atom is 0.270 e. The molecular formula is C16H17N3O6S. The number of anilines is 1. The Bertz CT molecular complexity index is 956. The fraction of sp³-hybridized carbons (Fsp3) is 0.188. The monoisotopic (exact) mass is 379 g/mol. The number of methoxy groups -OCH3 is 1. The SMILES string of the molecule is COc1ccc(S(=O)(=O)N(C)C)cc1NC(=O)c1cccc([N+](=O)[O-])c1. The molecule has 26 heavy (non-hydrogen) atoms. The van der Waals surface area contributed by atoms with Gasteiger partial charge in [0.15, 0.2) is 0 Å². The normalized spacial score (nSPS) is 11.2. The van der Waals surface area contributed by atoms with E-state index >= 15 is 0 Å². The van der Waals surface area contributed by atoms with E-state index in [-0.39, 0.29) is 27.6 Å². The van der Waals surface area contributed by atoms with Gasteiger partial charge in [-0.1, -0.05) is 6.07 Å². The predicted molar refractivity (Wildman–Crippen MR) is 94.9 cm³/mol. The lowest BCUT2D eigenvalue weighted by Crippen LogP contribution is -2.22. The number of amides is 1. The van der Waals surface area contributed by atoms with Gasteiger partial charge >= 0.3 is 0 Å². The first-order valence-electron chi connectivity index (χ1n) is 7.33. The van der Waals surface area contributed by atoms with Gasteiger partial charge in [0.05, 0.1) is 22.6 Å². The highest BCUT2D eigenvalue weighted by molar-refractivity contribution is 7.89. The van der Waals surface area contributed by atoms with E-state index in [4.69, 9.17) is 4.74 Å². The van der Waals surface area contributed by atoms with Crippen LogP contribution in [0.2, 0.25) is 0 Å². The molecular weight excluding hydrogens is 362 g/mol. The highest BCUT2D eigenvalue weighted by Gasteiger charge is 2.20. The van der Waals surface area contributed by atoms with Crippen molar-refractivity contribution in [2.75, 3.05) is 26.5 Å². The average molecular weight is 379 g/mol. The molecule has 0 unspecified atom stereocenters. The van der Waals surface area contributed by atoms with Gasteiger partial charge in [-0.3, -0.25) is 14.9 Å². The van der Waals surface area contributed by atoms with Gasteiger partial charge in [-0.05, 0) is 24.3 Å². The van der Waals surface area contributed by atoms with Crippen molar-refractivity contribution in [2.45, 2.75) is 4.90 Å². The highest BCUT2D eigenvalue weighted by Crippen LogP contribution is 2.29. The molecule has 138 valence electrons. The quantitative estimate of drug-likeness (QED) is 0.606. The number of carbonyl (C=O) groups excluding carboxylic acids is 1. The van der Waals surface area contributed by atoms with Gasteiger partial charge in [0.1, 0.15) is 5.75 Å². The summed E-state index contributed by atoms with van der Waals surface area (Å²) in [4.78, 5) is 22.6. The number of ether oxygens (including phenoxy) is 1. The van der Waals surface area contributed by atoms with Crippen LogP contribution in [-0.4, -0.2) is 44.8 Å². The van der Waals surface area contributed by atoms with Gasteiger partial charge in [-0.25, -0.2) is 12.7 Å². The Balaban J connectivity index is 2.40. The van der Waals surface area contributed by atoms with E-state index in [1.807, 2.05) is 0 Å². The second-order valence-electron chi connectivity index (χ2n) is 5.41. The van der Waals surface area contributed by atoms with Gasteiger partial charge in [0.25, 0.3) is 11.6 Å².